The predicted molar refractivity (Wildman–Crippen MR) is 43.1 cm³/mol. The molecule has 1 aliphatic heterocycles. The monoisotopic (exact) mass is 142 g/mol. The molecule has 1 heterocycles. The highest BCUT2D eigenvalue weighted by Crippen LogP contribution is 2.35. The van der Waals surface area contributed by atoms with E-state index in [4.69, 9.17) is 4.74 Å². The predicted octanol–water partition coefficient (Wildman–Crippen LogP) is 2.75. The molecule has 0 unspecified atom stereocenters. The normalized spacial score (nSPS) is 30.6. The number of epoxide rings is 1. The number of hydrogen-bond donors (Lipinski definition) is 0. The molecule has 0 amide bonds. The van der Waals surface area contributed by atoms with Crippen molar-refractivity contribution in [3.8, 4) is 0 Å². The van der Waals surface area contributed by atoms with E-state index in [9.17, 15) is 0 Å². The molecule has 0 N–H and O–H groups in total. The van der Waals surface area contributed by atoms with Crippen molar-refractivity contribution in [2.75, 3.05) is 6.61 Å². The van der Waals surface area contributed by atoms with E-state index in [0.29, 0.717) is 5.60 Å². The molecule has 10 heavy (non-hydrogen) atoms. The van der Waals surface area contributed by atoms with Crippen molar-refractivity contribution in [2.45, 2.75) is 51.6 Å². The Morgan fingerprint density at radius 1 is 1.30 bits per heavy atom. The van der Waals surface area contributed by atoms with Gasteiger partial charge < -0.3 is 4.74 Å². The van der Waals surface area contributed by atoms with Crippen LogP contribution >= 0.6 is 0 Å². The summed E-state index contributed by atoms with van der Waals surface area (Å²) in [5.41, 5.74) is 0.342. The Morgan fingerprint density at radius 2 is 2.00 bits per heavy atom. The van der Waals surface area contributed by atoms with E-state index in [1.807, 2.05) is 0 Å². The van der Waals surface area contributed by atoms with Gasteiger partial charge in [0.2, 0.25) is 0 Å². The van der Waals surface area contributed by atoms with E-state index in [1.54, 1.807) is 0 Å². The van der Waals surface area contributed by atoms with Gasteiger partial charge in [0.25, 0.3) is 0 Å². The summed E-state index contributed by atoms with van der Waals surface area (Å²) in [6.45, 7) is 5.48. The number of ether oxygens (including phenoxy) is 1. The zero-order valence-corrected chi connectivity index (χ0v) is 7.15. The molecule has 1 nitrogen and oxygen atoms in total. The van der Waals surface area contributed by atoms with Gasteiger partial charge in [0, 0.05) is 0 Å². The fraction of sp³-hybridized carbons (Fsp3) is 1.00. The molecule has 0 radical (unpaired) electrons. The quantitative estimate of drug-likeness (QED) is 0.425. The maximum Gasteiger partial charge on any atom is 0.0914 e. The van der Waals surface area contributed by atoms with Crippen LogP contribution in [0.4, 0.5) is 0 Å². The minimum absolute atomic E-state index is 0.342. The van der Waals surface area contributed by atoms with Gasteiger partial charge in [-0.05, 0) is 12.8 Å². The van der Waals surface area contributed by atoms with Crippen LogP contribution in [-0.4, -0.2) is 12.2 Å². The van der Waals surface area contributed by atoms with E-state index in [2.05, 4.69) is 13.8 Å². The maximum absolute atomic E-state index is 5.39. The van der Waals surface area contributed by atoms with Gasteiger partial charge >= 0.3 is 0 Å². The highest BCUT2D eigenvalue weighted by atomic mass is 16.6. The molecular formula is C9H18O. The fourth-order valence-corrected chi connectivity index (χ4v) is 1.32. The zero-order valence-electron chi connectivity index (χ0n) is 7.15. The molecule has 1 rings (SSSR count). The first kappa shape index (κ1) is 8.06. The maximum atomic E-state index is 5.39. The lowest BCUT2D eigenvalue weighted by atomic mass is 10.00. The number of hydrogen-bond acceptors (Lipinski definition) is 1. The van der Waals surface area contributed by atoms with Crippen LogP contribution in [0.1, 0.15) is 46.0 Å². The molecule has 1 heteroatoms. The molecule has 1 aliphatic rings. The first-order valence-corrected chi connectivity index (χ1v) is 4.47. The number of unbranched alkanes of at least 4 members (excludes halogenated alkanes) is 2. The van der Waals surface area contributed by atoms with Crippen LogP contribution in [0.3, 0.4) is 0 Å². The van der Waals surface area contributed by atoms with Crippen molar-refractivity contribution in [2.24, 2.45) is 0 Å². The molecule has 0 aliphatic carbocycles. The minimum atomic E-state index is 0.342. The molecule has 0 saturated carbocycles. The number of rotatable bonds is 5. The van der Waals surface area contributed by atoms with Gasteiger partial charge in [-0.2, -0.15) is 0 Å². The van der Waals surface area contributed by atoms with Gasteiger partial charge in [-0.25, -0.2) is 0 Å². The van der Waals surface area contributed by atoms with Crippen molar-refractivity contribution in [3.05, 3.63) is 0 Å². The van der Waals surface area contributed by atoms with Crippen LogP contribution < -0.4 is 0 Å². The molecule has 0 aromatic carbocycles. The van der Waals surface area contributed by atoms with Crippen molar-refractivity contribution in [1.82, 2.24) is 0 Å². The highest BCUT2D eigenvalue weighted by Gasteiger charge is 2.41. The molecule has 0 aromatic heterocycles. The zero-order chi connectivity index (χ0) is 7.45. The summed E-state index contributed by atoms with van der Waals surface area (Å²) in [4.78, 5) is 0. The third-order valence-electron chi connectivity index (χ3n) is 2.43. The van der Waals surface area contributed by atoms with Crippen molar-refractivity contribution >= 4 is 0 Å². The Balaban J connectivity index is 2.01. The molecule has 0 aromatic rings. The van der Waals surface area contributed by atoms with Crippen LogP contribution in [0.25, 0.3) is 0 Å². The molecule has 1 atom stereocenters. The van der Waals surface area contributed by atoms with Crippen LogP contribution in [0.2, 0.25) is 0 Å². The summed E-state index contributed by atoms with van der Waals surface area (Å²) >= 11 is 0. The highest BCUT2D eigenvalue weighted by molar-refractivity contribution is 4.89. The van der Waals surface area contributed by atoms with Crippen molar-refractivity contribution in [3.63, 3.8) is 0 Å². The average molecular weight is 142 g/mol. The van der Waals surface area contributed by atoms with E-state index < -0.39 is 0 Å². The van der Waals surface area contributed by atoms with E-state index in [1.165, 1.54) is 32.1 Å². The second kappa shape index (κ2) is 3.38. The first-order chi connectivity index (χ1) is 4.83. The SMILES string of the molecule is CCCCC[C@@]1(CC)CO1. The second-order valence-corrected chi connectivity index (χ2v) is 3.28. The molecule has 0 spiro atoms. The standard InChI is InChI=1S/C9H18O/c1-3-5-6-7-9(4-2)8-10-9/h3-8H2,1-2H3/t9-/m0/s1. The Labute approximate surface area is 63.8 Å². The largest absolute Gasteiger partial charge is 0.370 e. The Kier molecular flexibility index (Phi) is 2.72. The fourth-order valence-electron chi connectivity index (χ4n) is 1.32. The third kappa shape index (κ3) is 1.98. The topological polar surface area (TPSA) is 12.5 Å². The summed E-state index contributed by atoms with van der Waals surface area (Å²) in [6.07, 6.45) is 6.53. The summed E-state index contributed by atoms with van der Waals surface area (Å²) in [7, 11) is 0. The van der Waals surface area contributed by atoms with E-state index in [0.717, 1.165) is 6.61 Å². The van der Waals surface area contributed by atoms with Gasteiger partial charge in [0.15, 0.2) is 0 Å². The van der Waals surface area contributed by atoms with Crippen molar-refractivity contribution in [1.29, 1.82) is 0 Å². The average Bonchev–Trinajstić information content (AvgIpc) is 2.70. The minimum Gasteiger partial charge on any atom is -0.370 e. The Hall–Kier alpha value is -0.0400. The van der Waals surface area contributed by atoms with Gasteiger partial charge in [-0.3, -0.25) is 0 Å². The first-order valence-electron chi connectivity index (χ1n) is 4.47. The summed E-state index contributed by atoms with van der Waals surface area (Å²) in [5, 5.41) is 0. The third-order valence-corrected chi connectivity index (χ3v) is 2.43. The summed E-state index contributed by atoms with van der Waals surface area (Å²) < 4.78 is 5.39. The van der Waals surface area contributed by atoms with Gasteiger partial charge in [-0.15, -0.1) is 0 Å². The van der Waals surface area contributed by atoms with E-state index >= 15 is 0 Å². The lowest BCUT2D eigenvalue weighted by Gasteiger charge is -2.06. The van der Waals surface area contributed by atoms with E-state index in [-0.39, 0.29) is 0 Å². The van der Waals surface area contributed by atoms with Crippen molar-refractivity contribution < 1.29 is 4.74 Å². The molecule has 1 saturated heterocycles. The van der Waals surface area contributed by atoms with Gasteiger partial charge in [-0.1, -0.05) is 33.1 Å². The summed E-state index contributed by atoms with van der Waals surface area (Å²) in [6, 6.07) is 0. The molecule has 1 fully saturated rings. The second-order valence-electron chi connectivity index (χ2n) is 3.28. The summed E-state index contributed by atoms with van der Waals surface area (Å²) in [5.74, 6) is 0. The van der Waals surface area contributed by atoms with Gasteiger partial charge in [0.05, 0.1) is 12.2 Å². The Morgan fingerprint density at radius 3 is 2.40 bits per heavy atom. The van der Waals surface area contributed by atoms with Crippen LogP contribution in [0.15, 0.2) is 0 Å². The lowest BCUT2D eigenvalue weighted by molar-refractivity contribution is 0.275. The molecule has 60 valence electrons. The smallest absolute Gasteiger partial charge is 0.0914 e. The molecule has 0 bridgehead atoms. The Bertz CT molecular complexity index is 94.9. The molecular weight excluding hydrogens is 124 g/mol. The van der Waals surface area contributed by atoms with Crippen LogP contribution in [-0.2, 0) is 4.74 Å². The lowest BCUT2D eigenvalue weighted by Crippen LogP contribution is -2.07. The van der Waals surface area contributed by atoms with Crippen LogP contribution in [0, 0.1) is 0 Å². The van der Waals surface area contributed by atoms with Crippen LogP contribution in [0.5, 0.6) is 0 Å². The van der Waals surface area contributed by atoms with Gasteiger partial charge in [0.1, 0.15) is 0 Å².